The Morgan fingerprint density at radius 2 is 2.15 bits per heavy atom. The van der Waals surface area contributed by atoms with Gasteiger partial charge in [-0.3, -0.25) is 4.79 Å². The number of benzene rings is 1. The van der Waals surface area contributed by atoms with Crippen molar-refractivity contribution >= 4 is 33.2 Å². The number of carbonyl (C=O) groups is 1. The summed E-state index contributed by atoms with van der Waals surface area (Å²) in [5, 5.41) is 3.24. The minimum atomic E-state index is -3.37. The first-order chi connectivity index (χ1) is 9.38. The van der Waals surface area contributed by atoms with Crippen molar-refractivity contribution < 1.29 is 13.2 Å². The minimum Gasteiger partial charge on any atom is -0.325 e. The van der Waals surface area contributed by atoms with Crippen LogP contribution < -0.4 is 5.32 Å². The molecule has 1 aromatic carbocycles. The van der Waals surface area contributed by atoms with Gasteiger partial charge in [0.1, 0.15) is 6.04 Å². The molecular formula is C13H17ClN2O3S. The summed E-state index contributed by atoms with van der Waals surface area (Å²) in [4.78, 5) is 12.3. The topological polar surface area (TPSA) is 66.5 Å². The van der Waals surface area contributed by atoms with Gasteiger partial charge in [0.15, 0.2) is 0 Å². The number of hydrogen-bond acceptors (Lipinski definition) is 3. The highest BCUT2D eigenvalue weighted by molar-refractivity contribution is 7.88. The number of anilines is 1. The van der Waals surface area contributed by atoms with E-state index in [0.717, 1.165) is 19.1 Å². The molecule has 1 amide bonds. The highest BCUT2D eigenvalue weighted by Gasteiger charge is 2.34. The maximum atomic E-state index is 12.3. The number of amides is 1. The molecule has 0 bridgehead atoms. The van der Waals surface area contributed by atoms with Crippen LogP contribution in [0.5, 0.6) is 0 Å². The summed E-state index contributed by atoms with van der Waals surface area (Å²) in [6.45, 7) is 0.395. The molecule has 0 radical (unpaired) electrons. The number of piperidine rings is 1. The zero-order chi connectivity index (χ0) is 14.8. The fraction of sp³-hybridized carbons (Fsp3) is 0.462. The molecule has 20 heavy (non-hydrogen) atoms. The second kappa shape index (κ2) is 6.11. The summed E-state index contributed by atoms with van der Waals surface area (Å²) in [5.41, 5.74) is 0.571. The molecule has 1 aromatic rings. The number of sulfonamides is 1. The largest absolute Gasteiger partial charge is 0.325 e. The molecule has 2 rings (SSSR count). The third kappa shape index (κ3) is 3.71. The summed E-state index contributed by atoms with van der Waals surface area (Å²) >= 11 is 5.86. The molecule has 1 N–H and O–H groups in total. The molecule has 1 atom stereocenters. The van der Waals surface area contributed by atoms with Gasteiger partial charge in [0.25, 0.3) is 0 Å². The Kier molecular flexibility index (Phi) is 4.67. The van der Waals surface area contributed by atoms with Crippen molar-refractivity contribution in [2.75, 3.05) is 18.1 Å². The third-order valence-electron chi connectivity index (χ3n) is 3.27. The number of nitrogens with one attached hydrogen (secondary N) is 1. The standard InChI is InChI=1S/C13H17ClN2O3S/c1-20(18,19)16-8-3-2-7-12(16)13(17)15-11-6-4-5-10(14)9-11/h4-6,9,12H,2-3,7-8H2,1H3,(H,15,17). The fourth-order valence-corrected chi connectivity index (χ4v) is 3.67. The lowest BCUT2D eigenvalue weighted by molar-refractivity contribution is -0.120. The maximum absolute atomic E-state index is 12.3. The highest BCUT2D eigenvalue weighted by atomic mass is 35.5. The van der Waals surface area contributed by atoms with E-state index < -0.39 is 16.1 Å². The molecule has 1 aliphatic rings. The van der Waals surface area contributed by atoms with E-state index >= 15 is 0 Å². The van der Waals surface area contributed by atoms with Crippen LogP contribution in [0.25, 0.3) is 0 Å². The second-order valence-electron chi connectivity index (χ2n) is 4.88. The van der Waals surface area contributed by atoms with Crippen LogP contribution in [0.4, 0.5) is 5.69 Å². The first-order valence-corrected chi connectivity index (χ1v) is 8.64. The average molecular weight is 317 g/mol. The van der Waals surface area contributed by atoms with Gasteiger partial charge in [0, 0.05) is 17.3 Å². The van der Waals surface area contributed by atoms with Gasteiger partial charge in [-0.2, -0.15) is 4.31 Å². The Labute approximate surface area is 124 Å². The van der Waals surface area contributed by atoms with E-state index in [4.69, 9.17) is 11.6 Å². The van der Waals surface area contributed by atoms with Crippen molar-refractivity contribution in [2.24, 2.45) is 0 Å². The van der Waals surface area contributed by atoms with Crippen LogP contribution in [-0.2, 0) is 14.8 Å². The second-order valence-corrected chi connectivity index (χ2v) is 7.26. The minimum absolute atomic E-state index is 0.308. The molecule has 1 fully saturated rings. The molecule has 5 nitrogen and oxygen atoms in total. The van der Waals surface area contributed by atoms with Gasteiger partial charge in [-0.1, -0.05) is 24.1 Å². The Balaban J connectivity index is 2.14. The summed E-state index contributed by atoms with van der Waals surface area (Å²) in [7, 11) is -3.37. The lowest BCUT2D eigenvalue weighted by atomic mass is 10.0. The van der Waals surface area contributed by atoms with Crippen molar-refractivity contribution in [1.29, 1.82) is 0 Å². The van der Waals surface area contributed by atoms with Crippen LogP contribution in [0, 0.1) is 0 Å². The van der Waals surface area contributed by atoms with Crippen molar-refractivity contribution in [2.45, 2.75) is 25.3 Å². The van der Waals surface area contributed by atoms with Gasteiger partial charge in [0.05, 0.1) is 6.26 Å². The molecule has 1 aliphatic heterocycles. The van der Waals surface area contributed by atoms with Crippen LogP contribution in [0.3, 0.4) is 0 Å². The van der Waals surface area contributed by atoms with E-state index in [1.807, 2.05) is 0 Å². The van der Waals surface area contributed by atoms with E-state index in [2.05, 4.69) is 5.32 Å². The summed E-state index contributed by atoms with van der Waals surface area (Å²) in [6, 6.07) is 6.15. The van der Waals surface area contributed by atoms with Crippen LogP contribution in [0.1, 0.15) is 19.3 Å². The molecule has 110 valence electrons. The average Bonchev–Trinajstić information content (AvgIpc) is 2.37. The molecule has 0 saturated carbocycles. The van der Waals surface area contributed by atoms with Gasteiger partial charge in [-0.25, -0.2) is 8.42 Å². The van der Waals surface area contributed by atoms with Gasteiger partial charge < -0.3 is 5.32 Å². The molecule has 7 heteroatoms. The molecule has 0 aliphatic carbocycles. The van der Waals surface area contributed by atoms with Crippen molar-refractivity contribution in [1.82, 2.24) is 4.31 Å². The first kappa shape index (κ1) is 15.3. The summed E-state index contributed by atoms with van der Waals surface area (Å²) < 4.78 is 24.7. The third-order valence-corrected chi connectivity index (χ3v) is 4.80. The number of hydrogen-bond donors (Lipinski definition) is 1. The zero-order valence-electron chi connectivity index (χ0n) is 11.2. The lowest BCUT2D eigenvalue weighted by Gasteiger charge is -2.32. The fourth-order valence-electron chi connectivity index (χ4n) is 2.36. The highest BCUT2D eigenvalue weighted by Crippen LogP contribution is 2.22. The van der Waals surface area contributed by atoms with E-state index in [9.17, 15) is 13.2 Å². The maximum Gasteiger partial charge on any atom is 0.242 e. The normalized spacial score (nSPS) is 20.6. The molecule has 0 aromatic heterocycles. The predicted octanol–water partition coefficient (Wildman–Crippen LogP) is 2.09. The van der Waals surface area contributed by atoms with Gasteiger partial charge >= 0.3 is 0 Å². The van der Waals surface area contributed by atoms with Gasteiger partial charge in [-0.15, -0.1) is 0 Å². The first-order valence-electron chi connectivity index (χ1n) is 6.41. The van der Waals surface area contributed by atoms with Crippen molar-refractivity contribution in [3.8, 4) is 0 Å². The Morgan fingerprint density at radius 3 is 2.80 bits per heavy atom. The van der Waals surface area contributed by atoms with Gasteiger partial charge in [-0.05, 0) is 31.0 Å². The van der Waals surface area contributed by atoms with E-state index in [1.54, 1.807) is 24.3 Å². The van der Waals surface area contributed by atoms with Crippen LogP contribution in [0.2, 0.25) is 5.02 Å². The molecule has 1 saturated heterocycles. The monoisotopic (exact) mass is 316 g/mol. The zero-order valence-corrected chi connectivity index (χ0v) is 12.7. The van der Waals surface area contributed by atoms with Crippen molar-refractivity contribution in [3.05, 3.63) is 29.3 Å². The Bertz CT molecular complexity index is 603. The van der Waals surface area contributed by atoms with E-state index in [0.29, 0.717) is 23.7 Å². The molecular weight excluding hydrogens is 300 g/mol. The molecule has 1 unspecified atom stereocenters. The van der Waals surface area contributed by atoms with Crippen LogP contribution >= 0.6 is 11.6 Å². The summed E-state index contributed by atoms with van der Waals surface area (Å²) in [6.07, 6.45) is 3.31. The van der Waals surface area contributed by atoms with Crippen LogP contribution in [0.15, 0.2) is 24.3 Å². The predicted molar refractivity (Wildman–Crippen MR) is 79.3 cm³/mol. The molecule has 1 heterocycles. The molecule has 0 spiro atoms. The number of rotatable bonds is 3. The number of halogens is 1. The Morgan fingerprint density at radius 1 is 1.40 bits per heavy atom. The summed E-state index contributed by atoms with van der Waals surface area (Å²) in [5.74, 6) is -0.308. The van der Waals surface area contributed by atoms with Gasteiger partial charge in [0.2, 0.25) is 15.9 Å². The van der Waals surface area contributed by atoms with Crippen molar-refractivity contribution in [3.63, 3.8) is 0 Å². The van der Waals surface area contributed by atoms with Crippen LogP contribution in [-0.4, -0.2) is 37.5 Å². The smallest absolute Gasteiger partial charge is 0.242 e. The lowest BCUT2D eigenvalue weighted by Crippen LogP contribution is -2.49. The Hall–Kier alpha value is -1.11. The van der Waals surface area contributed by atoms with E-state index in [1.165, 1.54) is 4.31 Å². The van der Waals surface area contributed by atoms with E-state index in [-0.39, 0.29) is 5.91 Å². The SMILES string of the molecule is CS(=O)(=O)N1CCCCC1C(=O)Nc1cccc(Cl)c1. The quantitative estimate of drug-likeness (QED) is 0.928. The number of nitrogens with zero attached hydrogens (tertiary/aromatic N) is 1. The number of carbonyl (C=O) groups excluding carboxylic acids is 1.